The van der Waals surface area contributed by atoms with Crippen molar-refractivity contribution in [2.45, 2.75) is 58.8 Å². The lowest BCUT2D eigenvalue weighted by molar-refractivity contribution is -0.135. The van der Waals surface area contributed by atoms with Crippen molar-refractivity contribution < 1.29 is 18.8 Å². The van der Waals surface area contributed by atoms with Crippen molar-refractivity contribution in [3.05, 3.63) is 11.8 Å². The van der Waals surface area contributed by atoms with Gasteiger partial charge in [-0.05, 0) is 32.6 Å². The van der Waals surface area contributed by atoms with Gasteiger partial charge in [0, 0.05) is 32.2 Å². The van der Waals surface area contributed by atoms with Gasteiger partial charge >= 0.3 is 0 Å². The Labute approximate surface area is 155 Å². The smallest absolute Gasteiger partial charge is 0.245 e. The number of nitrogens with zero attached hydrogens (tertiary/aromatic N) is 2. The van der Waals surface area contributed by atoms with Gasteiger partial charge in [-0.2, -0.15) is 0 Å². The third-order valence-electron chi connectivity index (χ3n) is 4.74. The third kappa shape index (κ3) is 7.15. The molecular weight excluding hydrogens is 334 g/mol. The molecule has 1 aromatic rings. The lowest BCUT2D eigenvalue weighted by Gasteiger charge is -2.22. The highest BCUT2D eigenvalue weighted by Crippen LogP contribution is 2.28. The van der Waals surface area contributed by atoms with E-state index in [1.165, 1.54) is 25.7 Å². The zero-order valence-corrected chi connectivity index (χ0v) is 16.0. The van der Waals surface area contributed by atoms with E-state index < -0.39 is 0 Å². The highest BCUT2D eigenvalue weighted by molar-refractivity contribution is 5.93. The highest BCUT2D eigenvalue weighted by atomic mass is 16.5. The summed E-state index contributed by atoms with van der Waals surface area (Å²) in [4.78, 5) is 26.5. The summed E-state index contributed by atoms with van der Waals surface area (Å²) in [5.41, 5.74) is 0. The second kappa shape index (κ2) is 11.0. The first kappa shape index (κ1) is 20.4. The number of aromatic nitrogens is 1. The minimum absolute atomic E-state index is 0.0293. The number of aryl methyl sites for hydroxylation is 1. The van der Waals surface area contributed by atoms with Crippen LogP contribution in [0.4, 0.5) is 5.82 Å². The molecule has 0 spiro atoms. The number of anilines is 1. The molecule has 0 saturated heterocycles. The largest absolute Gasteiger partial charge is 0.382 e. The molecule has 0 radical (unpaired) electrons. The zero-order chi connectivity index (χ0) is 18.8. The number of rotatable bonds is 11. The molecule has 0 unspecified atom stereocenters. The van der Waals surface area contributed by atoms with E-state index in [1.807, 2.05) is 6.92 Å². The second-order valence-corrected chi connectivity index (χ2v) is 6.93. The number of carbonyl (C=O) groups excluding carboxylic acids is 2. The molecule has 1 heterocycles. The minimum Gasteiger partial charge on any atom is -0.382 e. The Balaban J connectivity index is 1.83. The van der Waals surface area contributed by atoms with Crippen molar-refractivity contribution in [1.29, 1.82) is 0 Å². The Bertz CT molecular complexity index is 567. The molecule has 1 aliphatic carbocycles. The number of hydrogen-bond acceptors (Lipinski definition) is 5. The molecule has 2 amide bonds. The lowest BCUT2D eigenvalue weighted by atomic mass is 10.0. The summed E-state index contributed by atoms with van der Waals surface area (Å²) in [5, 5.41) is 6.43. The lowest BCUT2D eigenvalue weighted by Crippen LogP contribution is -2.39. The van der Waals surface area contributed by atoms with Gasteiger partial charge in [-0.1, -0.05) is 30.8 Å². The number of hydrogen-bond donors (Lipinski definition) is 1. The molecule has 0 aliphatic heterocycles. The van der Waals surface area contributed by atoms with Gasteiger partial charge in [0.1, 0.15) is 5.76 Å². The van der Waals surface area contributed by atoms with Crippen LogP contribution in [0.15, 0.2) is 10.6 Å². The number of carbonyl (C=O) groups is 2. The normalized spacial score (nSPS) is 14.5. The van der Waals surface area contributed by atoms with Crippen molar-refractivity contribution in [3.63, 3.8) is 0 Å². The number of ether oxygens (including phenoxy) is 1. The average Bonchev–Trinajstić information content (AvgIpc) is 3.27. The monoisotopic (exact) mass is 365 g/mol. The average molecular weight is 365 g/mol. The van der Waals surface area contributed by atoms with Crippen LogP contribution in [-0.2, 0) is 14.3 Å². The van der Waals surface area contributed by atoms with Crippen LogP contribution in [0.25, 0.3) is 0 Å². The molecule has 146 valence electrons. The van der Waals surface area contributed by atoms with Crippen molar-refractivity contribution >= 4 is 17.6 Å². The van der Waals surface area contributed by atoms with Crippen LogP contribution in [0, 0.1) is 12.8 Å². The minimum atomic E-state index is -0.260. The van der Waals surface area contributed by atoms with Crippen molar-refractivity contribution in [2.24, 2.45) is 5.92 Å². The third-order valence-corrected chi connectivity index (χ3v) is 4.74. The molecule has 0 atom stereocenters. The van der Waals surface area contributed by atoms with E-state index in [2.05, 4.69) is 10.5 Å². The van der Waals surface area contributed by atoms with Gasteiger partial charge < -0.3 is 19.5 Å². The topological polar surface area (TPSA) is 84.7 Å². The summed E-state index contributed by atoms with van der Waals surface area (Å²) >= 11 is 0. The van der Waals surface area contributed by atoms with E-state index in [-0.39, 0.29) is 18.4 Å². The molecule has 1 aromatic heterocycles. The summed E-state index contributed by atoms with van der Waals surface area (Å²) in [5.74, 6) is 1.45. The van der Waals surface area contributed by atoms with E-state index >= 15 is 0 Å². The Morgan fingerprint density at radius 3 is 2.81 bits per heavy atom. The molecular formula is C19H31N3O4. The molecule has 1 N–H and O–H groups in total. The Hall–Kier alpha value is -1.89. The predicted octanol–water partition coefficient (Wildman–Crippen LogP) is 3.15. The van der Waals surface area contributed by atoms with Gasteiger partial charge in [-0.15, -0.1) is 0 Å². The Morgan fingerprint density at radius 1 is 1.38 bits per heavy atom. The molecule has 0 bridgehead atoms. The first-order chi connectivity index (χ1) is 12.6. The molecule has 7 heteroatoms. The standard InChI is InChI=1S/C19H31N3O4/c1-3-25-12-6-11-22(19(24)10-9-16-7-4-5-8-16)14-18(23)20-17-13-15(2)26-21-17/h13,16H,3-12,14H2,1-2H3,(H,20,21,23). The summed E-state index contributed by atoms with van der Waals surface area (Å²) in [6.07, 6.45) is 7.15. The Kier molecular flexibility index (Phi) is 8.61. The summed E-state index contributed by atoms with van der Waals surface area (Å²) in [6, 6.07) is 1.65. The molecule has 0 aromatic carbocycles. The van der Waals surface area contributed by atoms with Crippen LogP contribution in [0.1, 0.15) is 57.6 Å². The maximum Gasteiger partial charge on any atom is 0.245 e. The number of amides is 2. The van der Waals surface area contributed by atoms with Crippen LogP contribution in [-0.4, -0.2) is 48.2 Å². The molecule has 1 saturated carbocycles. The van der Waals surface area contributed by atoms with Gasteiger partial charge in [-0.25, -0.2) is 0 Å². The van der Waals surface area contributed by atoms with Gasteiger partial charge in [0.05, 0.1) is 6.54 Å². The SMILES string of the molecule is CCOCCCN(CC(=O)Nc1cc(C)on1)C(=O)CCC1CCCC1. The van der Waals surface area contributed by atoms with Gasteiger partial charge in [0.2, 0.25) is 11.8 Å². The van der Waals surface area contributed by atoms with Crippen molar-refractivity contribution in [2.75, 3.05) is 31.6 Å². The first-order valence-electron chi connectivity index (χ1n) is 9.67. The van der Waals surface area contributed by atoms with Crippen LogP contribution >= 0.6 is 0 Å². The number of nitrogens with one attached hydrogen (secondary N) is 1. The van der Waals surface area contributed by atoms with E-state index in [1.54, 1.807) is 17.9 Å². The van der Waals surface area contributed by atoms with Gasteiger partial charge in [0.15, 0.2) is 5.82 Å². The fourth-order valence-electron chi connectivity index (χ4n) is 3.36. The Morgan fingerprint density at radius 2 is 2.15 bits per heavy atom. The molecule has 1 fully saturated rings. The fraction of sp³-hybridized carbons (Fsp3) is 0.737. The molecule has 1 aliphatic rings. The van der Waals surface area contributed by atoms with Crippen LogP contribution in [0.3, 0.4) is 0 Å². The summed E-state index contributed by atoms with van der Waals surface area (Å²) < 4.78 is 10.3. The van der Waals surface area contributed by atoms with Gasteiger partial charge in [-0.3, -0.25) is 9.59 Å². The van der Waals surface area contributed by atoms with Crippen LogP contribution in [0.5, 0.6) is 0 Å². The van der Waals surface area contributed by atoms with Crippen molar-refractivity contribution in [3.8, 4) is 0 Å². The van der Waals surface area contributed by atoms with Crippen LogP contribution < -0.4 is 5.32 Å². The maximum atomic E-state index is 12.6. The first-order valence-corrected chi connectivity index (χ1v) is 9.67. The highest BCUT2D eigenvalue weighted by Gasteiger charge is 2.21. The quantitative estimate of drug-likeness (QED) is 0.609. The van der Waals surface area contributed by atoms with E-state index in [4.69, 9.17) is 9.26 Å². The zero-order valence-electron chi connectivity index (χ0n) is 16.0. The molecule has 2 rings (SSSR count). The molecule has 7 nitrogen and oxygen atoms in total. The molecule has 26 heavy (non-hydrogen) atoms. The fourth-order valence-corrected chi connectivity index (χ4v) is 3.36. The van der Waals surface area contributed by atoms with E-state index in [0.717, 1.165) is 12.8 Å². The summed E-state index contributed by atoms with van der Waals surface area (Å²) in [7, 11) is 0. The van der Waals surface area contributed by atoms with Gasteiger partial charge in [0.25, 0.3) is 0 Å². The van der Waals surface area contributed by atoms with E-state index in [0.29, 0.717) is 43.7 Å². The maximum absolute atomic E-state index is 12.6. The predicted molar refractivity (Wildman–Crippen MR) is 98.8 cm³/mol. The van der Waals surface area contributed by atoms with Crippen molar-refractivity contribution in [1.82, 2.24) is 10.1 Å². The second-order valence-electron chi connectivity index (χ2n) is 6.93. The van der Waals surface area contributed by atoms with Crippen LogP contribution in [0.2, 0.25) is 0 Å². The van der Waals surface area contributed by atoms with E-state index in [9.17, 15) is 9.59 Å². The summed E-state index contributed by atoms with van der Waals surface area (Å²) in [6.45, 7) is 5.50.